The summed E-state index contributed by atoms with van der Waals surface area (Å²) in [7, 11) is 0. The lowest BCUT2D eigenvalue weighted by atomic mass is 9.86. The van der Waals surface area contributed by atoms with Crippen molar-refractivity contribution in [1.29, 1.82) is 0 Å². The summed E-state index contributed by atoms with van der Waals surface area (Å²) in [5, 5.41) is 3.98. The normalized spacial score (nSPS) is 34.0. The van der Waals surface area contributed by atoms with Crippen LogP contribution in [0.25, 0.3) is 0 Å². The zero-order valence-electron chi connectivity index (χ0n) is 10.0. The lowest BCUT2D eigenvalue weighted by Crippen LogP contribution is -2.36. The van der Waals surface area contributed by atoms with Crippen LogP contribution in [0.2, 0.25) is 0 Å². The molecule has 2 aliphatic rings. The summed E-state index contributed by atoms with van der Waals surface area (Å²) in [5.41, 5.74) is 0. The van der Waals surface area contributed by atoms with Crippen LogP contribution in [-0.2, 0) is 4.79 Å². The molecular formula is C13H22BrNO. The van der Waals surface area contributed by atoms with Gasteiger partial charge in [-0.1, -0.05) is 29.3 Å². The van der Waals surface area contributed by atoms with E-state index in [1.165, 1.54) is 25.7 Å². The fourth-order valence-corrected chi connectivity index (χ4v) is 4.02. The van der Waals surface area contributed by atoms with Crippen LogP contribution in [-0.4, -0.2) is 17.3 Å². The highest BCUT2D eigenvalue weighted by molar-refractivity contribution is 9.09. The first-order valence-corrected chi connectivity index (χ1v) is 7.70. The Balaban J connectivity index is 1.75. The van der Waals surface area contributed by atoms with Gasteiger partial charge in [-0.25, -0.2) is 0 Å². The Morgan fingerprint density at radius 3 is 2.75 bits per heavy atom. The van der Waals surface area contributed by atoms with Crippen molar-refractivity contribution in [2.75, 3.05) is 5.33 Å². The number of rotatable bonds is 5. The van der Waals surface area contributed by atoms with Gasteiger partial charge in [-0.15, -0.1) is 0 Å². The van der Waals surface area contributed by atoms with Crippen molar-refractivity contribution in [3.63, 3.8) is 0 Å². The number of carbonyl (C=O) groups is 1. The Bertz CT molecular complexity index is 252. The topological polar surface area (TPSA) is 29.1 Å². The van der Waals surface area contributed by atoms with Gasteiger partial charge in [-0.2, -0.15) is 0 Å². The molecule has 3 heteroatoms. The molecule has 2 rings (SSSR count). The van der Waals surface area contributed by atoms with Crippen LogP contribution in [0, 0.1) is 17.8 Å². The fraction of sp³-hybridized carbons (Fsp3) is 0.923. The molecule has 0 spiro atoms. The largest absolute Gasteiger partial charge is 0.353 e. The molecule has 92 valence electrons. The number of hydrogen-bond donors (Lipinski definition) is 1. The monoisotopic (exact) mass is 287 g/mol. The molecule has 1 amide bonds. The highest BCUT2D eigenvalue weighted by atomic mass is 79.9. The second kappa shape index (κ2) is 5.52. The number of halogens is 1. The Hall–Kier alpha value is -0.0500. The van der Waals surface area contributed by atoms with Gasteiger partial charge in [0.1, 0.15) is 0 Å². The third-order valence-electron chi connectivity index (χ3n) is 4.38. The number of hydrogen-bond acceptors (Lipinski definition) is 1. The molecule has 2 aliphatic carbocycles. The molecule has 16 heavy (non-hydrogen) atoms. The summed E-state index contributed by atoms with van der Waals surface area (Å²) >= 11 is 3.44. The molecule has 4 unspecified atom stereocenters. The minimum atomic E-state index is 0.267. The van der Waals surface area contributed by atoms with Crippen LogP contribution < -0.4 is 5.32 Å². The van der Waals surface area contributed by atoms with Crippen molar-refractivity contribution in [3.05, 3.63) is 0 Å². The maximum Gasteiger partial charge on any atom is 0.220 e. The van der Waals surface area contributed by atoms with E-state index in [9.17, 15) is 4.79 Å². The highest BCUT2D eigenvalue weighted by Gasteiger charge is 2.40. The molecule has 4 atom stereocenters. The van der Waals surface area contributed by atoms with Crippen LogP contribution in [0.5, 0.6) is 0 Å². The molecule has 2 bridgehead atoms. The molecule has 1 N–H and O–H groups in total. The maximum absolute atomic E-state index is 11.9. The lowest BCUT2D eigenvalue weighted by molar-refractivity contribution is -0.123. The van der Waals surface area contributed by atoms with E-state index in [1.807, 2.05) is 0 Å². The number of carbonyl (C=O) groups excluding carboxylic acids is 1. The smallest absolute Gasteiger partial charge is 0.220 e. The number of alkyl halides is 1. The third-order valence-corrected chi connectivity index (χ3v) is 5.16. The fourth-order valence-electron chi connectivity index (χ4n) is 3.40. The van der Waals surface area contributed by atoms with Crippen molar-refractivity contribution in [2.24, 2.45) is 17.8 Å². The third kappa shape index (κ3) is 2.79. The molecule has 2 saturated carbocycles. The Morgan fingerprint density at radius 2 is 2.25 bits per heavy atom. The first-order valence-electron chi connectivity index (χ1n) is 6.58. The average molecular weight is 288 g/mol. The second-order valence-corrected chi connectivity index (χ2v) is 6.11. The van der Waals surface area contributed by atoms with Gasteiger partial charge in [-0.3, -0.25) is 4.79 Å². The van der Waals surface area contributed by atoms with Gasteiger partial charge < -0.3 is 5.32 Å². The van der Waals surface area contributed by atoms with Crippen molar-refractivity contribution in [1.82, 2.24) is 5.32 Å². The first-order chi connectivity index (χ1) is 7.72. The summed E-state index contributed by atoms with van der Waals surface area (Å²) in [4.78, 5) is 11.9. The van der Waals surface area contributed by atoms with E-state index in [1.54, 1.807) is 0 Å². The van der Waals surface area contributed by atoms with E-state index in [0.717, 1.165) is 30.0 Å². The van der Waals surface area contributed by atoms with Crippen molar-refractivity contribution in [3.8, 4) is 0 Å². The molecule has 0 aliphatic heterocycles. The van der Waals surface area contributed by atoms with E-state index in [-0.39, 0.29) is 5.91 Å². The van der Waals surface area contributed by atoms with E-state index < -0.39 is 0 Å². The van der Waals surface area contributed by atoms with Gasteiger partial charge in [-0.05, 0) is 43.4 Å². The SMILES string of the molecule is CCC(CBr)NC(=O)CC1CC2CCC1C2. The van der Waals surface area contributed by atoms with Gasteiger partial charge in [0.2, 0.25) is 5.91 Å². The van der Waals surface area contributed by atoms with Gasteiger partial charge >= 0.3 is 0 Å². The van der Waals surface area contributed by atoms with Gasteiger partial charge in [0.15, 0.2) is 0 Å². The summed E-state index contributed by atoms with van der Waals surface area (Å²) < 4.78 is 0. The molecule has 0 aromatic carbocycles. The minimum absolute atomic E-state index is 0.267. The van der Waals surface area contributed by atoms with Crippen molar-refractivity contribution >= 4 is 21.8 Å². The van der Waals surface area contributed by atoms with E-state index in [4.69, 9.17) is 0 Å². The molecule has 2 fully saturated rings. The van der Waals surface area contributed by atoms with Crippen LogP contribution in [0.3, 0.4) is 0 Å². The quantitative estimate of drug-likeness (QED) is 0.774. The zero-order valence-corrected chi connectivity index (χ0v) is 11.6. The van der Waals surface area contributed by atoms with Gasteiger partial charge in [0, 0.05) is 17.8 Å². The van der Waals surface area contributed by atoms with Crippen LogP contribution in [0.4, 0.5) is 0 Å². The maximum atomic E-state index is 11.9. The average Bonchev–Trinajstić information content (AvgIpc) is 2.87. The van der Waals surface area contributed by atoms with E-state index in [2.05, 4.69) is 28.2 Å². The summed E-state index contributed by atoms with van der Waals surface area (Å²) in [5.74, 6) is 2.76. The van der Waals surface area contributed by atoms with Gasteiger partial charge in [0.25, 0.3) is 0 Å². The molecule has 0 heterocycles. The van der Waals surface area contributed by atoms with Crippen LogP contribution >= 0.6 is 15.9 Å². The Morgan fingerprint density at radius 1 is 1.44 bits per heavy atom. The number of fused-ring (bicyclic) bond motifs is 2. The number of nitrogens with one attached hydrogen (secondary N) is 1. The molecule has 0 saturated heterocycles. The lowest BCUT2D eigenvalue weighted by Gasteiger charge is -2.22. The Kier molecular flexibility index (Phi) is 4.28. The molecular weight excluding hydrogens is 266 g/mol. The highest BCUT2D eigenvalue weighted by Crippen LogP contribution is 2.49. The first kappa shape index (κ1) is 12.4. The van der Waals surface area contributed by atoms with Gasteiger partial charge in [0.05, 0.1) is 0 Å². The Labute approximate surface area is 107 Å². The number of amides is 1. The molecule has 0 aromatic rings. The van der Waals surface area contributed by atoms with Crippen molar-refractivity contribution < 1.29 is 4.79 Å². The second-order valence-electron chi connectivity index (χ2n) is 5.47. The van der Waals surface area contributed by atoms with E-state index in [0.29, 0.717) is 12.0 Å². The molecule has 0 aromatic heterocycles. The zero-order chi connectivity index (χ0) is 11.5. The summed E-state index contributed by atoms with van der Waals surface area (Å²) in [6.45, 7) is 2.11. The predicted octanol–water partition coefficient (Wildman–Crippen LogP) is 3.10. The standard InChI is InChI=1S/C13H22BrNO/c1-2-12(8-14)15-13(16)7-11-6-9-3-4-10(11)5-9/h9-12H,2-8H2,1H3,(H,15,16). The summed E-state index contributed by atoms with van der Waals surface area (Å²) in [6, 6.07) is 0.311. The van der Waals surface area contributed by atoms with Crippen LogP contribution in [0.1, 0.15) is 45.4 Å². The van der Waals surface area contributed by atoms with E-state index >= 15 is 0 Å². The molecule has 2 nitrogen and oxygen atoms in total. The van der Waals surface area contributed by atoms with Crippen molar-refractivity contribution in [2.45, 2.75) is 51.5 Å². The summed E-state index contributed by atoms with van der Waals surface area (Å²) in [6.07, 6.45) is 7.27. The minimum Gasteiger partial charge on any atom is -0.353 e. The van der Waals surface area contributed by atoms with Crippen LogP contribution in [0.15, 0.2) is 0 Å². The predicted molar refractivity (Wildman–Crippen MR) is 69.6 cm³/mol. The molecule has 0 radical (unpaired) electrons.